The maximum Gasteiger partial charge on any atom is 0.260 e. The first-order valence-corrected chi connectivity index (χ1v) is 10.7. The molecule has 31 heavy (non-hydrogen) atoms. The third kappa shape index (κ3) is 4.60. The molecule has 2 atom stereocenters. The van der Waals surface area contributed by atoms with Gasteiger partial charge in [-0.05, 0) is 37.8 Å². The second kappa shape index (κ2) is 9.29. The first kappa shape index (κ1) is 21.0. The number of para-hydroxylation sites is 1. The highest BCUT2D eigenvalue weighted by atomic mass is 16.5. The summed E-state index contributed by atoms with van der Waals surface area (Å²) in [6, 6.07) is 7.89. The van der Waals surface area contributed by atoms with Gasteiger partial charge in [0.15, 0.2) is 6.61 Å². The second-order valence-electron chi connectivity index (χ2n) is 8.20. The highest BCUT2D eigenvalue weighted by Crippen LogP contribution is 2.28. The van der Waals surface area contributed by atoms with E-state index in [-0.39, 0.29) is 30.4 Å². The van der Waals surface area contributed by atoms with Gasteiger partial charge in [-0.2, -0.15) is 0 Å². The van der Waals surface area contributed by atoms with Crippen molar-refractivity contribution in [2.45, 2.75) is 32.2 Å². The summed E-state index contributed by atoms with van der Waals surface area (Å²) in [5.74, 6) is 0.828. The molecule has 1 fully saturated rings. The van der Waals surface area contributed by atoms with Gasteiger partial charge in [0.05, 0.1) is 11.3 Å². The highest BCUT2D eigenvalue weighted by Gasteiger charge is 2.35. The van der Waals surface area contributed by atoms with Gasteiger partial charge < -0.3 is 14.5 Å². The van der Waals surface area contributed by atoms with E-state index in [0.717, 1.165) is 30.6 Å². The number of allylic oxidation sites excluding steroid dienone is 2. The molecule has 0 saturated carbocycles. The van der Waals surface area contributed by atoms with Crippen LogP contribution in [0.2, 0.25) is 0 Å². The van der Waals surface area contributed by atoms with Crippen molar-refractivity contribution in [3.05, 3.63) is 65.8 Å². The van der Waals surface area contributed by atoms with Crippen molar-refractivity contribution in [3.63, 3.8) is 0 Å². The molecule has 3 heterocycles. The van der Waals surface area contributed by atoms with Crippen LogP contribution >= 0.6 is 0 Å². The van der Waals surface area contributed by atoms with E-state index in [2.05, 4.69) is 22.1 Å². The van der Waals surface area contributed by atoms with Crippen LogP contribution in [0.4, 0.5) is 0 Å². The molecule has 0 N–H and O–H groups in total. The van der Waals surface area contributed by atoms with Crippen molar-refractivity contribution in [2.24, 2.45) is 5.92 Å². The number of amides is 2. The van der Waals surface area contributed by atoms with Gasteiger partial charge in [-0.1, -0.05) is 30.4 Å². The molecule has 2 aliphatic heterocycles. The zero-order valence-electron chi connectivity index (χ0n) is 18.0. The molecule has 0 unspecified atom stereocenters. The molecule has 0 aliphatic carbocycles. The van der Waals surface area contributed by atoms with Crippen molar-refractivity contribution in [3.8, 4) is 5.75 Å². The number of hydrogen-bond donors (Lipinski definition) is 0. The standard InChI is InChI=1S/C24H28N4O3/c1-17-20(13-25-16-26-17)24(30)28-12-11-21-19(14-28)9-4-3-7-18-8-5-6-10-22(18)31-15-23(29)27(21)2/h3-6,8,10,13,16,19,21H,7,9,11-12,14-15H2,1-2H3/b4-3+/t19-,21+/m0/s1. The normalized spacial score (nSPS) is 23.0. The number of piperidine rings is 1. The monoisotopic (exact) mass is 420 g/mol. The lowest BCUT2D eigenvalue weighted by Crippen LogP contribution is -2.53. The SMILES string of the molecule is Cc1ncncc1C(=O)N1CC[C@@H]2[C@@H](C/C=C/Cc3ccccc3OCC(=O)N2C)C1. The Hall–Kier alpha value is -3.22. The van der Waals surface area contributed by atoms with E-state index in [1.807, 2.05) is 43.1 Å². The zero-order chi connectivity index (χ0) is 21.8. The number of nitrogens with zero attached hydrogens (tertiary/aromatic N) is 4. The summed E-state index contributed by atoms with van der Waals surface area (Å²) in [7, 11) is 1.84. The fourth-order valence-electron chi connectivity index (χ4n) is 4.44. The molecule has 0 spiro atoms. The second-order valence-corrected chi connectivity index (χ2v) is 8.20. The molecule has 7 nitrogen and oxygen atoms in total. The number of fused-ring (bicyclic) bond motifs is 2. The molecular formula is C24H28N4O3. The Morgan fingerprint density at radius 2 is 2.06 bits per heavy atom. The number of carbonyl (C=O) groups excluding carboxylic acids is 2. The van der Waals surface area contributed by atoms with Crippen molar-refractivity contribution in [2.75, 3.05) is 26.7 Å². The van der Waals surface area contributed by atoms with Crippen molar-refractivity contribution in [1.82, 2.24) is 19.8 Å². The van der Waals surface area contributed by atoms with E-state index in [1.165, 1.54) is 6.33 Å². The first-order valence-electron chi connectivity index (χ1n) is 10.7. The number of likely N-dealkylation sites (N-methyl/N-ethyl adjacent to an activating group) is 1. The van der Waals surface area contributed by atoms with Crippen LogP contribution in [-0.2, 0) is 11.2 Å². The summed E-state index contributed by atoms with van der Waals surface area (Å²) in [6.45, 7) is 3.03. The van der Waals surface area contributed by atoms with Crippen LogP contribution in [-0.4, -0.2) is 64.4 Å². The first-order chi connectivity index (χ1) is 15.0. The lowest BCUT2D eigenvalue weighted by molar-refractivity contribution is -0.136. The van der Waals surface area contributed by atoms with Gasteiger partial charge >= 0.3 is 0 Å². The number of hydrogen-bond acceptors (Lipinski definition) is 5. The fourth-order valence-corrected chi connectivity index (χ4v) is 4.44. The summed E-state index contributed by atoms with van der Waals surface area (Å²) in [5, 5.41) is 0. The van der Waals surface area contributed by atoms with Crippen LogP contribution in [0.5, 0.6) is 5.75 Å². The lowest BCUT2D eigenvalue weighted by Gasteiger charge is -2.42. The van der Waals surface area contributed by atoms with E-state index in [0.29, 0.717) is 24.3 Å². The Bertz CT molecular complexity index is 990. The largest absolute Gasteiger partial charge is 0.483 e. The molecule has 2 amide bonds. The summed E-state index contributed by atoms with van der Waals surface area (Å²) < 4.78 is 5.85. The average Bonchev–Trinajstić information content (AvgIpc) is 2.79. The number of likely N-dealkylation sites (tertiary alicyclic amines) is 1. The third-order valence-corrected chi connectivity index (χ3v) is 6.28. The lowest BCUT2D eigenvalue weighted by atomic mass is 9.87. The predicted molar refractivity (Wildman–Crippen MR) is 117 cm³/mol. The number of ether oxygens (including phenoxy) is 1. The summed E-state index contributed by atoms with van der Waals surface area (Å²) in [5.41, 5.74) is 2.29. The Kier molecular flexibility index (Phi) is 6.30. The molecule has 1 aromatic heterocycles. The maximum atomic E-state index is 13.1. The average molecular weight is 421 g/mol. The minimum absolute atomic E-state index is 0.0175. The minimum atomic E-state index is -0.0436. The highest BCUT2D eigenvalue weighted by molar-refractivity contribution is 5.95. The molecular weight excluding hydrogens is 392 g/mol. The third-order valence-electron chi connectivity index (χ3n) is 6.28. The molecule has 1 aromatic carbocycles. The number of rotatable bonds is 1. The van der Waals surface area contributed by atoms with E-state index in [4.69, 9.17) is 4.74 Å². The van der Waals surface area contributed by atoms with Crippen LogP contribution in [0.15, 0.2) is 48.9 Å². The van der Waals surface area contributed by atoms with E-state index >= 15 is 0 Å². The van der Waals surface area contributed by atoms with Gasteiger partial charge in [-0.15, -0.1) is 0 Å². The summed E-state index contributed by atoms with van der Waals surface area (Å²) in [6.07, 6.45) is 9.65. The Morgan fingerprint density at radius 1 is 1.23 bits per heavy atom. The van der Waals surface area contributed by atoms with Gasteiger partial charge in [0.25, 0.3) is 11.8 Å². The Balaban J connectivity index is 1.55. The van der Waals surface area contributed by atoms with E-state index in [9.17, 15) is 9.59 Å². The van der Waals surface area contributed by atoms with Crippen LogP contribution in [0, 0.1) is 12.8 Å². The summed E-state index contributed by atoms with van der Waals surface area (Å²) >= 11 is 0. The molecule has 4 rings (SSSR count). The van der Waals surface area contributed by atoms with Crippen LogP contribution in [0.25, 0.3) is 0 Å². The summed E-state index contributed by atoms with van der Waals surface area (Å²) in [4.78, 5) is 37.8. The molecule has 0 bridgehead atoms. The van der Waals surface area contributed by atoms with Gasteiger partial charge in [-0.3, -0.25) is 9.59 Å². The quantitative estimate of drug-likeness (QED) is 0.663. The van der Waals surface area contributed by atoms with Crippen LogP contribution in [0.1, 0.15) is 34.5 Å². The molecule has 7 heteroatoms. The van der Waals surface area contributed by atoms with Crippen LogP contribution < -0.4 is 4.74 Å². The van der Waals surface area contributed by atoms with Gasteiger partial charge in [-0.25, -0.2) is 9.97 Å². The van der Waals surface area contributed by atoms with E-state index in [1.54, 1.807) is 11.1 Å². The maximum absolute atomic E-state index is 13.1. The number of aromatic nitrogens is 2. The van der Waals surface area contributed by atoms with Gasteiger partial charge in [0, 0.05) is 38.3 Å². The topological polar surface area (TPSA) is 75.6 Å². The van der Waals surface area contributed by atoms with Crippen molar-refractivity contribution >= 4 is 11.8 Å². The van der Waals surface area contributed by atoms with Crippen molar-refractivity contribution in [1.29, 1.82) is 0 Å². The molecule has 162 valence electrons. The van der Waals surface area contributed by atoms with Crippen molar-refractivity contribution < 1.29 is 14.3 Å². The van der Waals surface area contributed by atoms with E-state index < -0.39 is 0 Å². The predicted octanol–water partition coefficient (Wildman–Crippen LogP) is 2.66. The van der Waals surface area contributed by atoms with Crippen LogP contribution in [0.3, 0.4) is 0 Å². The Morgan fingerprint density at radius 3 is 2.90 bits per heavy atom. The number of aryl methyl sites for hydroxylation is 1. The van der Waals surface area contributed by atoms with Gasteiger partial charge in [0.2, 0.25) is 0 Å². The zero-order valence-corrected chi connectivity index (χ0v) is 18.0. The van der Waals surface area contributed by atoms with Gasteiger partial charge in [0.1, 0.15) is 12.1 Å². The molecule has 1 saturated heterocycles. The fraction of sp³-hybridized carbons (Fsp3) is 0.417. The molecule has 2 aromatic rings. The number of benzene rings is 1. The number of carbonyl (C=O) groups is 2. The Labute approximate surface area is 182 Å². The minimum Gasteiger partial charge on any atom is -0.483 e. The molecule has 2 aliphatic rings. The smallest absolute Gasteiger partial charge is 0.260 e. The molecule has 0 radical (unpaired) electrons.